The van der Waals surface area contributed by atoms with Crippen LogP contribution in [0.5, 0.6) is 0 Å². The van der Waals surface area contributed by atoms with Gasteiger partial charge in [-0.1, -0.05) is 35.9 Å². The van der Waals surface area contributed by atoms with E-state index in [1.807, 2.05) is 68.6 Å². The molecule has 1 aliphatic heterocycles. The second-order valence-corrected chi connectivity index (χ2v) is 7.83. The van der Waals surface area contributed by atoms with Crippen LogP contribution in [0.3, 0.4) is 0 Å². The van der Waals surface area contributed by atoms with Crippen LogP contribution in [0.15, 0.2) is 66.9 Å². The number of morpholine rings is 1. The van der Waals surface area contributed by atoms with E-state index in [2.05, 4.69) is 27.3 Å². The van der Waals surface area contributed by atoms with Crippen LogP contribution in [0, 0.1) is 13.8 Å². The van der Waals surface area contributed by atoms with Gasteiger partial charge in [-0.3, -0.25) is 4.79 Å². The number of aryl methyl sites for hydroxylation is 2. The van der Waals surface area contributed by atoms with Crippen LogP contribution in [0.2, 0.25) is 0 Å². The molecule has 1 saturated heterocycles. The minimum Gasteiger partial charge on any atom is -0.378 e. The maximum atomic E-state index is 12.5. The van der Waals surface area contributed by atoms with Gasteiger partial charge >= 0.3 is 0 Å². The van der Waals surface area contributed by atoms with Gasteiger partial charge in [0, 0.05) is 31.0 Å². The van der Waals surface area contributed by atoms with Crippen LogP contribution >= 0.6 is 0 Å². The summed E-state index contributed by atoms with van der Waals surface area (Å²) in [7, 11) is 0. The number of rotatable bonds is 5. The predicted molar refractivity (Wildman–Crippen MR) is 126 cm³/mol. The SMILES string of the molecule is Cc1cccc(/C=C/C(=O)Nc2cc(C)cc(-c3ccnc(N4CCOCC4)c3)c2)c1. The van der Waals surface area contributed by atoms with Crippen molar-refractivity contribution in [1.29, 1.82) is 0 Å². The molecule has 0 unspecified atom stereocenters. The van der Waals surface area contributed by atoms with Crippen molar-refractivity contribution in [1.82, 2.24) is 4.98 Å². The van der Waals surface area contributed by atoms with E-state index < -0.39 is 0 Å². The average Bonchev–Trinajstić information content (AvgIpc) is 2.78. The molecule has 31 heavy (non-hydrogen) atoms. The first kappa shape index (κ1) is 20.8. The Balaban J connectivity index is 1.51. The summed E-state index contributed by atoms with van der Waals surface area (Å²) in [6.45, 7) is 7.21. The van der Waals surface area contributed by atoms with Gasteiger partial charge in [-0.25, -0.2) is 4.98 Å². The third kappa shape index (κ3) is 5.58. The smallest absolute Gasteiger partial charge is 0.248 e. The molecule has 3 aromatic rings. The molecule has 4 rings (SSSR count). The zero-order chi connectivity index (χ0) is 21.6. The van der Waals surface area contributed by atoms with E-state index in [1.54, 1.807) is 6.08 Å². The van der Waals surface area contributed by atoms with Gasteiger partial charge in [-0.2, -0.15) is 0 Å². The van der Waals surface area contributed by atoms with E-state index in [0.29, 0.717) is 0 Å². The highest BCUT2D eigenvalue weighted by molar-refractivity contribution is 6.02. The van der Waals surface area contributed by atoms with Crippen molar-refractivity contribution in [3.8, 4) is 11.1 Å². The van der Waals surface area contributed by atoms with E-state index in [1.165, 1.54) is 5.56 Å². The highest BCUT2D eigenvalue weighted by Gasteiger charge is 2.13. The molecule has 5 heteroatoms. The van der Waals surface area contributed by atoms with Crippen molar-refractivity contribution in [2.24, 2.45) is 0 Å². The van der Waals surface area contributed by atoms with Crippen LogP contribution in [-0.2, 0) is 9.53 Å². The van der Waals surface area contributed by atoms with Crippen LogP contribution in [0.1, 0.15) is 16.7 Å². The monoisotopic (exact) mass is 413 g/mol. The number of aromatic nitrogens is 1. The first-order valence-electron chi connectivity index (χ1n) is 10.5. The molecular weight excluding hydrogens is 386 g/mol. The highest BCUT2D eigenvalue weighted by Crippen LogP contribution is 2.27. The second kappa shape index (κ2) is 9.58. The van der Waals surface area contributed by atoms with Gasteiger partial charge in [0.05, 0.1) is 13.2 Å². The van der Waals surface area contributed by atoms with Gasteiger partial charge in [0.15, 0.2) is 0 Å². The van der Waals surface area contributed by atoms with E-state index in [4.69, 9.17) is 4.74 Å². The lowest BCUT2D eigenvalue weighted by molar-refractivity contribution is -0.111. The first-order chi connectivity index (χ1) is 15.1. The number of nitrogens with one attached hydrogen (secondary N) is 1. The Kier molecular flexibility index (Phi) is 6.43. The fourth-order valence-corrected chi connectivity index (χ4v) is 3.71. The van der Waals surface area contributed by atoms with E-state index >= 15 is 0 Å². The van der Waals surface area contributed by atoms with Gasteiger partial charge in [0.1, 0.15) is 5.82 Å². The Morgan fingerprint density at radius 3 is 2.65 bits per heavy atom. The molecule has 1 N–H and O–H groups in total. The molecule has 2 aromatic carbocycles. The Morgan fingerprint density at radius 2 is 1.84 bits per heavy atom. The number of anilines is 2. The van der Waals surface area contributed by atoms with E-state index in [0.717, 1.165) is 60.1 Å². The second-order valence-electron chi connectivity index (χ2n) is 7.83. The molecule has 0 aliphatic carbocycles. The van der Waals surface area contributed by atoms with Crippen LogP contribution in [0.4, 0.5) is 11.5 Å². The average molecular weight is 414 g/mol. The lowest BCUT2D eigenvalue weighted by Gasteiger charge is -2.28. The van der Waals surface area contributed by atoms with Crippen molar-refractivity contribution in [3.63, 3.8) is 0 Å². The van der Waals surface area contributed by atoms with Crippen molar-refractivity contribution in [3.05, 3.63) is 83.6 Å². The number of benzene rings is 2. The van der Waals surface area contributed by atoms with Gasteiger partial charge in [-0.05, 0) is 66.4 Å². The molecule has 5 nitrogen and oxygen atoms in total. The molecule has 2 heterocycles. The molecule has 0 bridgehead atoms. The third-order valence-electron chi connectivity index (χ3n) is 5.23. The van der Waals surface area contributed by atoms with Crippen LogP contribution in [0.25, 0.3) is 17.2 Å². The molecule has 1 aromatic heterocycles. The fourth-order valence-electron chi connectivity index (χ4n) is 3.71. The summed E-state index contributed by atoms with van der Waals surface area (Å²) in [6, 6.07) is 18.3. The molecule has 0 saturated carbocycles. The normalized spacial score (nSPS) is 14.1. The van der Waals surface area contributed by atoms with Crippen molar-refractivity contribution in [2.75, 3.05) is 36.5 Å². The number of carbonyl (C=O) groups is 1. The molecular formula is C26H27N3O2. The first-order valence-corrected chi connectivity index (χ1v) is 10.5. The quantitative estimate of drug-likeness (QED) is 0.608. The van der Waals surface area contributed by atoms with Crippen LogP contribution < -0.4 is 10.2 Å². The zero-order valence-corrected chi connectivity index (χ0v) is 18.0. The summed E-state index contributed by atoms with van der Waals surface area (Å²) >= 11 is 0. The van der Waals surface area contributed by atoms with E-state index in [-0.39, 0.29) is 5.91 Å². The lowest BCUT2D eigenvalue weighted by atomic mass is 10.0. The van der Waals surface area contributed by atoms with Crippen molar-refractivity contribution < 1.29 is 9.53 Å². The number of amides is 1. The summed E-state index contributed by atoms with van der Waals surface area (Å²) in [5, 5.41) is 2.99. The molecule has 0 spiro atoms. The maximum absolute atomic E-state index is 12.5. The van der Waals surface area contributed by atoms with Gasteiger partial charge in [0.25, 0.3) is 0 Å². The minimum absolute atomic E-state index is 0.151. The lowest BCUT2D eigenvalue weighted by Crippen LogP contribution is -2.36. The topological polar surface area (TPSA) is 54.5 Å². The third-order valence-corrected chi connectivity index (χ3v) is 5.23. The molecule has 158 valence electrons. The summed E-state index contributed by atoms with van der Waals surface area (Å²) in [5.74, 6) is 0.802. The number of carbonyl (C=O) groups excluding carboxylic acids is 1. The Bertz CT molecular complexity index is 1100. The number of pyridine rings is 1. The highest BCUT2D eigenvalue weighted by atomic mass is 16.5. The Morgan fingerprint density at radius 1 is 1.00 bits per heavy atom. The summed E-state index contributed by atoms with van der Waals surface area (Å²) in [4.78, 5) is 19.2. The number of ether oxygens (including phenoxy) is 1. The molecule has 1 amide bonds. The van der Waals surface area contributed by atoms with Gasteiger partial charge in [0.2, 0.25) is 5.91 Å². The summed E-state index contributed by atoms with van der Waals surface area (Å²) in [5.41, 5.74) is 6.16. The Labute approximate surface area is 183 Å². The molecule has 0 atom stereocenters. The van der Waals surface area contributed by atoms with Gasteiger partial charge in [-0.15, -0.1) is 0 Å². The minimum atomic E-state index is -0.151. The van der Waals surface area contributed by atoms with Crippen molar-refractivity contribution in [2.45, 2.75) is 13.8 Å². The maximum Gasteiger partial charge on any atom is 0.248 e. The molecule has 1 aliphatic rings. The summed E-state index contributed by atoms with van der Waals surface area (Å²) in [6.07, 6.45) is 5.24. The standard InChI is InChI=1S/C26H27N3O2/c1-19-4-3-5-21(14-19)6-7-26(30)28-24-16-20(2)15-23(17-24)22-8-9-27-25(18-22)29-10-12-31-13-11-29/h3-9,14-18H,10-13H2,1-2H3,(H,28,30)/b7-6+. The molecule has 1 fully saturated rings. The Hall–Kier alpha value is -3.44. The van der Waals surface area contributed by atoms with Gasteiger partial charge < -0.3 is 15.0 Å². The number of nitrogens with zero attached hydrogens (tertiary/aromatic N) is 2. The fraction of sp³-hybridized carbons (Fsp3) is 0.231. The number of hydrogen-bond donors (Lipinski definition) is 1. The number of hydrogen-bond acceptors (Lipinski definition) is 4. The molecule has 0 radical (unpaired) electrons. The van der Waals surface area contributed by atoms with Crippen molar-refractivity contribution >= 4 is 23.5 Å². The largest absolute Gasteiger partial charge is 0.378 e. The van der Waals surface area contributed by atoms with Crippen LogP contribution in [-0.4, -0.2) is 37.2 Å². The summed E-state index contributed by atoms with van der Waals surface area (Å²) < 4.78 is 5.44. The van der Waals surface area contributed by atoms with E-state index in [9.17, 15) is 4.79 Å². The predicted octanol–water partition coefficient (Wildman–Crippen LogP) is 4.85. The zero-order valence-electron chi connectivity index (χ0n) is 18.0.